The molecule has 0 unspecified atom stereocenters. The molecule has 2 aromatic heterocycles. The van der Waals surface area contributed by atoms with E-state index in [1.807, 2.05) is 0 Å². The van der Waals surface area contributed by atoms with Gasteiger partial charge in [0.05, 0.1) is 61.2 Å². The van der Waals surface area contributed by atoms with E-state index < -0.39 is 0 Å². The molecule has 0 radical (unpaired) electrons. The Kier molecular flexibility index (Phi) is 11.6. The average molecular weight is 1050 g/mol. The molecule has 5 nitrogen and oxygen atoms in total. The van der Waals surface area contributed by atoms with Gasteiger partial charge in [-0.1, -0.05) is 193 Å². The van der Waals surface area contributed by atoms with E-state index in [1.54, 1.807) is 0 Å². The fourth-order valence-corrected chi connectivity index (χ4v) is 12.4. The van der Waals surface area contributed by atoms with Crippen LogP contribution in [-0.4, -0.2) is 9.13 Å². The van der Waals surface area contributed by atoms with Crippen LogP contribution in [0.15, 0.2) is 255 Å². The molecule has 0 aliphatic carbocycles. The molecule has 0 fully saturated rings. The smallest absolute Gasteiger partial charge is 0.0888 e. The third-order valence-corrected chi connectivity index (χ3v) is 16.5. The molecule has 0 saturated heterocycles. The number of aromatic nitrogens is 2. The fourth-order valence-electron chi connectivity index (χ4n) is 12.2. The maximum Gasteiger partial charge on any atom is 0.0888 e. The zero-order chi connectivity index (χ0) is 54.4. The molecule has 0 atom stereocenters. The Hall–Kier alpha value is -9.29. The number of hydrogen-bond donors (Lipinski definition) is 0. The molecule has 1 aliphatic heterocycles. The number of fused-ring (bicyclic) bond motifs is 8. The third-order valence-electron chi connectivity index (χ3n) is 16.1. The summed E-state index contributed by atoms with van der Waals surface area (Å²) in [7, 11) is 0. The summed E-state index contributed by atoms with van der Waals surface area (Å²) < 4.78 is 4.88. The van der Waals surface area contributed by atoms with Crippen molar-refractivity contribution in [3.05, 3.63) is 271 Å². The number of hydrogen-bond acceptors (Lipinski definition) is 3. The van der Waals surface area contributed by atoms with Gasteiger partial charge in [-0.15, -0.1) is 0 Å². The molecule has 0 N–H and O–H groups in total. The molecule has 0 amide bonds. The summed E-state index contributed by atoms with van der Waals surface area (Å²) in [5.74, 6) is 0. The summed E-state index contributed by atoms with van der Waals surface area (Å²) in [4.78, 5) is 7.10. The largest absolute Gasteiger partial charge is 0.310 e. The first-order chi connectivity index (χ1) is 38.9. The Bertz CT molecular complexity index is 4390. The van der Waals surface area contributed by atoms with Crippen LogP contribution in [0.4, 0.5) is 51.2 Å². The second kappa shape index (κ2) is 19.0. The number of rotatable bonds is 9. The standard InChI is InChI=1S/C74H60ClN5/c1-73(2,3)51-38-42-64-61(44-51)62-45-52(74(4,5)6)39-43-65(62)78(64)57-29-20-28-56(46-57)77(55-40-36-50(37-41-55)49-22-10-7-11-23-49)69-47-58(76(53-24-12-8-13-25-53)54-26-14-9-15-27-54)48-70(71(69)75)79-66-33-18-19-34-67(66)80-63-32-17-16-30-59(63)60-31-21-35-68(79)72(60)80/h7-48H,1-6H3. The van der Waals surface area contributed by atoms with Crippen molar-refractivity contribution in [3.63, 3.8) is 0 Å². The van der Waals surface area contributed by atoms with Crippen LogP contribution in [0.2, 0.25) is 5.02 Å². The van der Waals surface area contributed by atoms with Crippen molar-refractivity contribution in [2.45, 2.75) is 52.4 Å². The molecule has 3 heterocycles. The summed E-state index contributed by atoms with van der Waals surface area (Å²) in [6.07, 6.45) is 0. The molecular weight excluding hydrogens is 994 g/mol. The van der Waals surface area contributed by atoms with E-state index in [1.165, 1.54) is 38.2 Å². The Labute approximate surface area is 473 Å². The maximum atomic E-state index is 8.42. The fraction of sp³-hybridized carbons (Fsp3) is 0.108. The van der Waals surface area contributed by atoms with Crippen LogP contribution in [0.1, 0.15) is 52.7 Å². The van der Waals surface area contributed by atoms with Gasteiger partial charge in [-0.3, -0.25) is 0 Å². The SMILES string of the molecule is CC(C)(C)c1ccc2c(c1)c1cc(C(C)(C)C)ccc1n2-c1cccc(N(c2ccc(-c3ccccc3)cc2)c2cc(N(c3ccccc3)c3ccccc3)cc(N3c4ccccc4-n4c5ccccc5c5cccc3c54)c2Cl)c1. The lowest BCUT2D eigenvalue weighted by Crippen LogP contribution is -2.20. The predicted octanol–water partition coefficient (Wildman–Crippen LogP) is 21.5. The quantitative estimate of drug-likeness (QED) is 0.144. The van der Waals surface area contributed by atoms with Crippen molar-refractivity contribution in [1.82, 2.24) is 9.13 Å². The first-order valence-corrected chi connectivity index (χ1v) is 28.1. The van der Waals surface area contributed by atoms with Gasteiger partial charge in [0.1, 0.15) is 0 Å². The minimum atomic E-state index is -0.0226. The van der Waals surface area contributed by atoms with Crippen LogP contribution < -0.4 is 14.7 Å². The number of halogens is 1. The van der Waals surface area contributed by atoms with Gasteiger partial charge in [0.25, 0.3) is 0 Å². The molecular formula is C74H60ClN5. The first kappa shape index (κ1) is 49.0. The summed E-state index contributed by atoms with van der Waals surface area (Å²) in [5, 5.41) is 5.49. The van der Waals surface area contributed by atoms with E-state index in [2.05, 4.69) is 320 Å². The maximum absolute atomic E-state index is 8.42. The summed E-state index contributed by atoms with van der Waals surface area (Å²) in [5.41, 5.74) is 20.3. The summed E-state index contributed by atoms with van der Waals surface area (Å²) in [6.45, 7) is 13.8. The van der Waals surface area contributed by atoms with E-state index in [-0.39, 0.29) is 10.8 Å². The van der Waals surface area contributed by atoms with Gasteiger partial charge in [0.2, 0.25) is 0 Å². The second-order valence-electron chi connectivity index (χ2n) is 23.2. The van der Waals surface area contributed by atoms with Gasteiger partial charge >= 0.3 is 0 Å². The van der Waals surface area contributed by atoms with Gasteiger partial charge in [-0.05, 0) is 148 Å². The zero-order valence-corrected chi connectivity index (χ0v) is 46.6. The van der Waals surface area contributed by atoms with Crippen molar-refractivity contribution in [2.24, 2.45) is 0 Å². The van der Waals surface area contributed by atoms with Crippen LogP contribution in [-0.2, 0) is 10.8 Å². The van der Waals surface area contributed by atoms with Crippen LogP contribution in [0.5, 0.6) is 0 Å². The average Bonchev–Trinajstić information content (AvgIpc) is 4.20. The van der Waals surface area contributed by atoms with Crippen molar-refractivity contribution >= 4 is 106 Å². The van der Waals surface area contributed by atoms with Crippen LogP contribution in [0, 0.1) is 0 Å². The Morgan fingerprint density at radius 2 is 0.825 bits per heavy atom. The predicted molar refractivity (Wildman–Crippen MR) is 341 cm³/mol. The number of anilines is 9. The molecule has 80 heavy (non-hydrogen) atoms. The lowest BCUT2D eigenvalue weighted by atomic mass is 9.85. The molecule has 0 bridgehead atoms. The van der Waals surface area contributed by atoms with Crippen LogP contribution >= 0.6 is 11.6 Å². The highest BCUT2D eigenvalue weighted by Crippen LogP contribution is 2.55. The molecule has 14 rings (SSSR count). The van der Waals surface area contributed by atoms with E-state index in [4.69, 9.17) is 11.6 Å². The molecule has 13 aromatic rings. The van der Waals surface area contributed by atoms with Gasteiger partial charge in [0.15, 0.2) is 0 Å². The zero-order valence-electron chi connectivity index (χ0n) is 45.9. The second-order valence-corrected chi connectivity index (χ2v) is 23.6. The van der Waals surface area contributed by atoms with Crippen molar-refractivity contribution in [2.75, 3.05) is 14.7 Å². The van der Waals surface area contributed by atoms with E-state index >= 15 is 0 Å². The van der Waals surface area contributed by atoms with Crippen LogP contribution in [0.3, 0.4) is 0 Å². The van der Waals surface area contributed by atoms with Crippen molar-refractivity contribution in [3.8, 4) is 22.5 Å². The summed E-state index contributed by atoms with van der Waals surface area (Å²) >= 11 is 8.42. The highest BCUT2D eigenvalue weighted by atomic mass is 35.5. The number of nitrogens with zero attached hydrogens (tertiary/aromatic N) is 5. The topological polar surface area (TPSA) is 19.6 Å². The third kappa shape index (κ3) is 8.14. The molecule has 1 aliphatic rings. The highest BCUT2D eigenvalue weighted by molar-refractivity contribution is 6.37. The van der Waals surface area contributed by atoms with E-state index in [9.17, 15) is 0 Å². The van der Waals surface area contributed by atoms with Crippen molar-refractivity contribution in [1.29, 1.82) is 0 Å². The molecule has 0 spiro atoms. The monoisotopic (exact) mass is 1050 g/mol. The minimum Gasteiger partial charge on any atom is -0.310 e. The minimum absolute atomic E-state index is 0.0226. The Morgan fingerprint density at radius 3 is 1.46 bits per heavy atom. The molecule has 388 valence electrons. The Balaban J connectivity index is 1.06. The lowest BCUT2D eigenvalue weighted by molar-refractivity contribution is 0.590. The van der Waals surface area contributed by atoms with Crippen LogP contribution in [0.25, 0.3) is 66.1 Å². The normalized spacial score (nSPS) is 12.4. The summed E-state index contributed by atoms with van der Waals surface area (Å²) in [6, 6.07) is 92.7. The highest BCUT2D eigenvalue weighted by Gasteiger charge is 2.33. The van der Waals surface area contributed by atoms with Gasteiger partial charge < -0.3 is 23.8 Å². The van der Waals surface area contributed by atoms with Gasteiger partial charge in [-0.2, -0.15) is 0 Å². The lowest BCUT2D eigenvalue weighted by Gasteiger charge is -2.36. The van der Waals surface area contributed by atoms with Crippen molar-refractivity contribution < 1.29 is 0 Å². The number of benzene rings is 11. The van der Waals surface area contributed by atoms with E-state index in [0.29, 0.717) is 5.02 Å². The first-order valence-electron chi connectivity index (χ1n) is 27.7. The molecule has 11 aromatic carbocycles. The van der Waals surface area contributed by atoms with E-state index in [0.717, 1.165) is 90.2 Å². The molecule has 0 saturated carbocycles. The Morgan fingerprint density at radius 1 is 0.325 bits per heavy atom. The van der Waals surface area contributed by atoms with Gasteiger partial charge in [0, 0.05) is 50.0 Å². The van der Waals surface area contributed by atoms with Gasteiger partial charge in [-0.25, -0.2) is 0 Å². The molecule has 6 heteroatoms. The number of para-hydroxylation sites is 6.